The van der Waals surface area contributed by atoms with Gasteiger partial charge in [-0.1, -0.05) is 20.3 Å². The molecule has 0 radical (unpaired) electrons. The van der Waals surface area contributed by atoms with Crippen LogP contribution >= 0.6 is 0 Å². The molecule has 3 N–H and O–H groups in total. The maximum Gasteiger partial charge on any atom is 0.326 e. The third-order valence-electron chi connectivity index (χ3n) is 3.66. The minimum absolute atomic E-state index is 0.138. The monoisotopic (exact) mass is 296 g/mol. The molecule has 0 spiro atoms. The summed E-state index contributed by atoms with van der Waals surface area (Å²) in [5.41, 5.74) is 0.887. The average Bonchev–Trinajstić information content (AvgIpc) is 2.73. The molecule has 0 bridgehead atoms. The minimum atomic E-state index is -1.03. The lowest BCUT2D eigenvalue weighted by Gasteiger charge is -2.22. The first-order chi connectivity index (χ1) is 9.76. The van der Waals surface area contributed by atoms with Crippen molar-refractivity contribution in [3.8, 4) is 0 Å². The van der Waals surface area contributed by atoms with Crippen LogP contribution < -0.4 is 10.6 Å². The van der Waals surface area contributed by atoms with Gasteiger partial charge in [0.1, 0.15) is 17.6 Å². The Morgan fingerprint density at radius 1 is 1.29 bits per heavy atom. The highest BCUT2D eigenvalue weighted by Gasteiger charge is 2.26. The van der Waals surface area contributed by atoms with Gasteiger partial charge in [-0.25, -0.2) is 9.59 Å². The normalized spacial score (nSPS) is 15.1. The molecule has 1 unspecified atom stereocenters. The summed E-state index contributed by atoms with van der Waals surface area (Å²) in [5, 5.41) is 14.4. The van der Waals surface area contributed by atoms with Crippen molar-refractivity contribution in [1.82, 2.24) is 10.6 Å². The fraction of sp³-hybridized carbons (Fsp3) is 0.600. The molecule has 21 heavy (non-hydrogen) atoms. The van der Waals surface area contributed by atoms with Crippen LogP contribution in [0.2, 0.25) is 0 Å². The molecule has 2 amide bonds. The first-order valence-corrected chi connectivity index (χ1v) is 7.13. The Bertz CT molecular complexity index is 510. The second kappa shape index (κ2) is 7.15. The molecule has 0 aliphatic carbocycles. The largest absolute Gasteiger partial charge is 0.480 e. The van der Waals surface area contributed by atoms with Crippen molar-refractivity contribution < 1.29 is 19.1 Å². The summed E-state index contributed by atoms with van der Waals surface area (Å²) >= 11 is 0. The molecule has 6 heteroatoms. The zero-order valence-electron chi connectivity index (χ0n) is 13.2. The highest BCUT2D eigenvalue weighted by Crippen LogP contribution is 2.21. The van der Waals surface area contributed by atoms with E-state index in [0.717, 1.165) is 17.1 Å². The third-order valence-corrected chi connectivity index (χ3v) is 3.66. The lowest BCUT2D eigenvalue weighted by Crippen LogP contribution is -2.49. The van der Waals surface area contributed by atoms with Gasteiger partial charge in [0.25, 0.3) is 0 Å². The van der Waals surface area contributed by atoms with E-state index in [4.69, 9.17) is 9.52 Å². The summed E-state index contributed by atoms with van der Waals surface area (Å²) in [6.45, 7) is 9.19. The number of aliphatic carboxylic acids is 1. The summed E-state index contributed by atoms with van der Waals surface area (Å²) in [6.07, 6.45) is 0.673. The number of carbonyl (C=O) groups excluding carboxylic acids is 1. The number of aryl methyl sites for hydroxylation is 2. The summed E-state index contributed by atoms with van der Waals surface area (Å²) in [4.78, 5) is 23.2. The fourth-order valence-electron chi connectivity index (χ4n) is 2.22. The molecule has 0 aliphatic heterocycles. The quantitative estimate of drug-likeness (QED) is 0.752. The van der Waals surface area contributed by atoms with E-state index in [0.29, 0.717) is 6.42 Å². The minimum Gasteiger partial charge on any atom is -0.480 e. The number of carboxylic acid groups (broad SMARTS) is 1. The molecular formula is C15H24N2O4. The van der Waals surface area contributed by atoms with E-state index in [2.05, 4.69) is 10.6 Å². The van der Waals surface area contributed by atoms with Gasteiger partial charge in [0.05, 0.1) is 6.04 Å². The summed E-state index contributed by atoms with van der Waals surface area (Å²) in [5.74, 6) is 0.362. The van der Waals surface area contributed by atoms with Crippen molar-refractivity contribution in [2.24, 2.45) is 5.92 Å². The number of rotatable bonds is 6. The van der Waals surface area contributed by atoms with Crippen LogP contribution in [-0.4, -0.2) is 23.1 Å². The molecule has 0 saturated heterocycles. The van der Waals surface area contributed by atoms with Crippen molar-refractivity contribution in [3.05, 3.63) is 23.2 Å². The molecule has 0 fully saturated rings. The molecule has 1 rings (SSSR count). The number of hydrogen-bond donors (Lipinski definition) is 3. The van der Waals surface area contributed by atoms with Gasteiger partial charge in [0.2, 0.25) is 0 Å². The van der Waals surface area contributed by atoms with E-state index >= 15 is 0 Å². The van der Waals surface area contributed by atoms with Gasteiger partial charge in [-0.3, -0.25) is 0 Å². The Balaban J connectivity index is 2.68. The Morgan fingerprint density at radius 3 is 2.33 bits per heavy atom. The van der Waals surface area contributed by atoms with Crippen molar-refractivity contribution >= 4 is 12.0 Å². The predicted octanol–water partition coefficient (Wildman–Crippen LogP) is 2.76. The second-order valence-electron chi connectivity index (χ2n) is 5.41. The topological polar surface area (TPSA) is 91.6 Å². The van der Waals surface area contributed by atoms with E-state index in [1.807, 2.05) is 33.8 Å². The van der Waals surface area contributed by atoms with Crippen molar-refractivity contribution in [3.63, 3.8) is 0 Å². The number of hydrogen-bond acceptors (Lipinski definition) is 3. The maximum atomic E-state index is 12.0. The SMILES string of the molecule is CC[C@H](C)[C@H](NC(=O)NC(C)c1cc(C)oc1C)C(=O)O. The average molecular weight is 296 g/mol. The molecule has 0 aromatic carbocycles. The van der Waals surface area contributed by atoms with Gasteiger partial charge in [0.15, 0.2) is 0 Å². The van der Waals surface area contributed by atoms with Crippen LogP contribution in [0.1, 0.15) is 50.3 Å². The van der Waals surface area contributed by atoms with Gasteiger partial charge in [-0.15, -0.1) is 0 Å². The van der Waals surface area contributed by atoms with Gasteiger partial charge in [-0.05, 0) is 32.8 Å². The summed E-state index contributed by atoms with van der Waals surface area (Å²) in [6, 6.07) is 0.223. The zero-order chi connectivity index (χ0) is 16.2. The van der Waals surface area contributed by atoms with Gasteiger partial charge in [0, 0.05) is 5.56 Å². The van der Waals surface area contributed by atoms with E-state index in [9.17, 15) is 9.59 Å². The lowest BCUT2D eigenvalue weighted by atomic mass is 9.99. The summed E-state index contributed by atoms with van der Waals surface area (Å²) in [7, 11) is 0. The molecule has 6 nitrogen and oxygen atoms in total. The van der Waals surface area contributed by atoms with E-state index in [1.165, 1.54) is 0 Å². The highest BCUT2D eigenvalue weighted by molar-refractivity contribution is 5.82. The van der Waals surface area contributed by atoms with Crippen LogP contribution in [0.25, 0.3) is 0 Å². The Hall–Kier alpha value is -1.98. The maximum absolute atomic E-state index is 12.0. The van der Waals surface area contributed by atoms with E-state index in [1.54, 1.807) is 6.92 Å². The van der Waals surface area contributed by atoms with Crippen molar-refractivity contribution in [2.45, 2.75) is 53.1 Å². The Morgan fingerprint density at radius 2 is 1.90 bits per heavy atom. The van der Waals surface area contributed by atoms with Crippen molar-refractivity contribution in [1.29, 1.82) is 0 Å². The molecule has 0 aliphatic rings. The fourth-order valence-corrected chi connectivity index (χ4v) is 2.22. The number of nitrogens with one attached hydrogen (secondary N) is 2. The lowest BCUT2D eigenvalue weighted by molar-refractivity contribution is -0.140. The van der Waals surface area contributed by atoms with Crippen LogP contribution in [0, 0.1) is 19.8 Å². The Labute approximate surface area is 124 Å². The smallest absolute Gasteiger partial charge is 0.326 e. The van der Waals surface area contributed by atoms with E-state index < -0.39 is 18.0 Å². The molecule has 0 saturated carbocycles. The van der Waals surface area contributed by atoms with Gasteiger partial charge >= 0.3 is 12.0 Å². The summed E-state index contributed by atoms with van der Waals surface area (Å²) < 4.78 is 5.43. The number of carbonyl (C=O) groups is 2. The molecule has 3 atom stereocenters. The predicted molar refractivity (Wildman–Crippen MR) is 79.1 cm³/mol. The van der Waals surface area contributed by atoms with Crippen LogP contribution in [0.5, 0.6) is 0 Å². The van der Waals surface area contributed by atoms with Crippen LogP contribution in [0.4, 0.5) is 4.79 Å². The molecular weight excluding hydrogens is 272 g/mol. The Kier molecular flexibility index (Phi) is 5.81. The highest BCUT2D eigenvalue weighted by atomic mass is 16.4. The zero-order valence-corrected chi connectivity index (χ0v) is 13.2. The number of furan rings is 1. The molecule has 118 valence electrons. The standard InChI is InChI=1S/C15H24N2O4/c1-6-8(2)13(14(18)19)17-15(20)16-10(4)12-7-9(3)21-11(12)5/h7-8,10,13H,6H2,1-5H3,(H,18,19)(H2,16,17,20)/t8-,10?,13-/m0/s1. The number of amides is 2. The van der Waals surface area contributed by atoms with Crippen LogP contribution in [-0.2, 0) is 4.79 Å². The first kappa shape index (κ1) is 17.1. The first-order valence-electron chi connectivity index (χ1n) is 7.13. The number of urea groups is 1. The van der Waals surface area contributed by atoms with Crippen LogP contribution in [0.15, 0.2) is 10.5 Å². The third kappa shape index (κ3) is 4.51. The molecule has 1 aromatic rings. The van der Waals surface area contributed by atoms with Gasteiger partial charge in [-0.2, -0.15) is 0 Å². The number of carboxylic acids is 1. The van der Waals surface area contributed by atoms with Crippen molar-refractivity contribution in [2.75, 3.05) is 0 Å². The molecule has 1 aromatic heterocycles. The second-order valence-corrected chi connectivity index (χ2v) is 5.41. The van der Waals surface area contributed by atoms with E-state index in [-0.39, 0.29) is 12.0 Å². The molecule has 1 heterocycles. The van der Waals surface area contributed by atoms with Gasteiger partial charge < -0.3 is 20.2 Å². The van der Waals surface area contributed by atoms with Crippen LogP contribution in [0.3, 0.4) is 0 Å².